The lowest BCUT2D eigenvalue weighted by atomic mass is 10.1. The van der Waals surface area contributed by atoms with Gasteiger partial charge in [-0.15, -0.1) is 11.3 Å². The number of thiophene rings is 1. The molecule has 3 aromatic heterocycles. The van der Waals surface area contributed by atoms with E-state index in [1.54, 1.807) is 11.3 Å². The van der Waals surface area contributed by atoms with Crippen LogP contribution in [0.15, 0.2) is 36.4 Å². The topological polar surface area (TPSA) is 47.9 Å². The number of pyridine rings is 1. The van der Waals surface area contributed by atoms with Crippen molar-refractivity contribution in [3.05, 3.63) is 47.2 Å². The Morgan fingerprint density at radius 3 is 2.67 bits per heavy atom. The van der Waals surface area contributed by atoms with Gasteiger partial charge in [0.2, 0.25) is 11.2 Å². The van der Waals surface area contributed by atoms with Crippen LogP contribution in [0.4, 0.5) is 0 Å². The second-order valence-electron chi connectivity index (χ2n) is 5.38. The molecule has 0 radical (unpaired) electrons. The van der Waals surface area contributed by atoms with Crippen molar-refractivity contribution < 1.29 is 4.74 Å². The Labute approximate surface area is 148 Å². The van der Waals surface area contributed by atoms with Crippen molar-refractivity contribution in [3.63, 3.8) is 0 Å². The third-order valence-electron chi connectivity index (χ3n) is 3.78. The van der Waals surface area contributed by atoms with Gasteiger partial charge in [-0.2, -0.15) is 4.98 Å². The molecule has 24 heavy (non-hydrogen) atoms. The van der Waals surface area contributed by atoms with E-state index in [0.717, 1.165) is 37.3 Å². The van der Waals surface area contributed by atoms with E-state index in [4.69, 9.17) is 21.3 Å². The molecular formula is C18H14ClN3OS. The van der Waals surface area contributed by atoms with Crippen LogP contribution >= 0.6 is 22.9 Å². The van der Waals surface area contributed by atoms with Gasteiger partial charge in [0.05, 0.1) is 17.8 Å². The Bertz CT molecular complexity index is 1050. The van der Waals surface area contributed by atoms with E-state index in [2.05, 4.69) is 35.1 Å². The molecule has 0 atom stereocenters. The van der Waals surface area contributed by atoms with Crippen LogP contribution < -0.4 is 4.74 Å². The van der Waals surface area contributed by atoms with Crippen LogP contribution in [0.3, 0.4) is 0 Å². The number of aryl methyl sites for hydroxylation is 1. The first kappa shape index (κ1) is 15.3. The number of hydrogen-bond donors (Lipinski definition) is 0. The van der Waals surface area contributed by atoms with Crippen LogP contribution in [0.1, 0.15) is 12.5 Å². The fourth-order valence-corrected chi connectivity index (χ4v) is 4.05. The summed E-state index contributed by atoms with van der Waals surface area (Å²) in [5.41, 5.74) is 3.96. The van der Waals surface area contributed by atoms with E-state index < -0.39 is 0 Å². The van der Waals surface area contributed by atoms with Crippen molar-refractivity contribution >= 4 is 43.4 Å². The van der Waals surface area contributed by atoms with Gasteiger partial charge in [0, 0.05) is 10.9 Å². The lowest BCUT2D eigenvalue weighted by molar-refractivity contribution is 0.331. The quantitative estimate of drug-likeness (QED) is 0.470. The van der Waals surface area contributed by atoms with E-state index in [0.29, 0.717) is 12.5 Å². The zero-order valence-corrected chi connectivity index (χ0v) is 14.8. The molecule has 0 bridgehead atoms. The van der Waals surface area contributed by atoms with Crippen molar-refractivity contribution in [1.29, 1.82) is 0 Å². The van der Waals surface area contributed by atoms with Crippen LogP contribution in [0.25, 0.3) is 31.7 Å². The Kier molecular flexibility index (Phi) is 3.82. The number of benzene rings is 1. The molecule has 0 aliphatic carbocycles. The van der Waals surface area contributed by atoms with Gasteiger partial charge in [-0.25, -0.2) is 9.97 Å². The fraction of sp³-hybridized carbons (Fsp3) is 0.167. The summed E-state index contributed by atoms with van der Waals surface area (Å²) < 4.78 is 6.52. The maximum atomic E-state index is 6.08. The molecule has 0 amide bonds. The van der Waals surface area contributed by atoms with Gasteiger partial charge in [0.15, 0.2) is 0 Å². The molecule has 1 aromatic carbocycles. The SMILES string of the molecule is CCOc1nc(Cl)nc2c1sc1nc(-c3ccccc3)cc(C)c12. The number of ether oxygens (including phenoxy) is 1. The summed E-state index contributed by atoms with van der Waals surface area (Å²) in [5.74, 6) is 0.524. The van der Waals surface area contributed by atoms with Crippen molar-refractivity contribution in [2.45, 2.75) is 13.8 Å². The molecule has 0 aliphatic rings. The molecule has 0 saturated heterocycles. The zero-order valence-electron chi connectivity index (χ0n) is 13.2. The number of aromatic nitrogens is 3. The summed E-state index contributed by atoms with van der Waals surface area (Å²) in [4.78, 5) is 14.4. The van der Waals surface area contributed by atoms with Gasteiger partial charge in [-0.3, -0.25) is 0 Å². The third-order valence-corrected chi connectivity index (χ3v) is 5.01. The Hall–Kier alpha value is -2.24. The summed E-state index contributed by atoms with van der Waals surface area (Å²) in [7, 11) is 0. The van der Waals surface area contributed by atoms with E-state index in [9.17, 15) is 0 Å². The first-order chi connectivity index (χ1) is 11.7. The highest BCUT2D eigenvalue weighted by molar-refractivity contribution is 7.25. The Morgan fingerprint density at radius 1 is 1.12 bits per heavy atom. The highest BCUT2D eigenvalue weighted by Crippen LogP contribution is 2.39. The lowest BCUT2D eigenvalue weighted by Crippen LogP contribution is -1.96. The molecule has 0 fully saturated rings. The van der Waals surface area contributed by atoms with Gasteiger partial charge in [-0.1, -0.05) is 30.3 Å². The highest BCUT2D eigenvalue weighted by atomic mass is 35.5. The van der Waals surface area contributed by atoms with E-state index in [-0.39, 0.29) is 5.28 Å². The second kappa shape index (κ2) is 6.00. The van der Waals surface area contributed by atoms with Crippen molar-refractivity contribution in [1.82, 2.24) is 15.0 Å². The van der Waals surface area contributed by atoms with E-state index in [1.165, 1.54) is 0 Å². The molecule has 0 aliphatic heterocycles. The summed E-state index contributed by atoms with van der Waals surface area (Å²) >= 11 is 7.62. The van der Waals surface area contributed by atoms with Crippen molar-refractivity contribution in [2.75, 3.05) is 6.61 Å². The van der Waals surface area contributed by atoms with Crippen LogP contribution in [0, 0.1) is 6.92 Å². The van der Waals surface area contributed by atoms with Crippen molar-refractivity contribution in [2.24, 2.45) is 0 Å². The average molecular weight is 356 g/mol. The number of nitrogens with zero attached hydrogens (tertiary/aromatic N) is 3. The highest BCUT2D eigenvalue weighted by Gasteiger charge is 2.17. The minimum atomic E-state index is 0.192. The maximum absolute atomic E-state index is 6.08. The first-order valence-electron chi connectivity index (χ1n) is 7.63. The molecule has 0 saturated carbocycles. The van der Waals surface area contributed by atoms with Crippen molar-refractivity contribution in [3.8, 4) is 17.1 Å². The molecule has 0 N–H and O–H groups in total. The molecule has 0 unspecified atom stereocenters. The Balaban J connectivity index is 2.02. The normalized spacial score (nSPS) is 11.3. The second-order valence-corrected chi connectivity index (χ2v) is 6.72. The smallest absolute Gasteiger partial charge is 0.236 e. The minimum Gasteiger partial charge on any atom is -0.477 e. The largest absolute Gasteiger partial charge is 0.477 e. The maximum Gasteiger partial charge on any atom is 0.236 e. The molecular weight excluding hydrogens is 342 g/mol. The average Bonchev–Trinajstić information content (AvgIpc) is 2.95. The number of fused-ring (bicyclic) bond motifs is 3. The third kappa shape index (κ3) is 2.50. The fourth-order valence-electron chi connectivity index (χ4n) is 2.76. The van der Waals surface area contributed by atoms with Gasteiger partial charge in [-0.05, 0) is 37.1 Å². The summed E-state index contributed by atoms with van der Waals surface area (Å²) in [5, 5.41) is 1.21. The summed E-state index contributed by atoms with van der Waals surface area (Å²) in [6.07, 6.45) is 0. The standard InChI is InChI=1S/C18H14ClN3OS/c1-3-23-16-15-14(21-18(19)22-16)13-10(2)9-12(20-17(13)24-15)11-7-5-4-6-8-11/h4-9H,3H2,1-2H3. The van der Waals surface area contributed by atoms with Crippen LogP contribution in [0.2, 0.25) is 5.28 Å². The predicted molar refractivity (Wildman–Crippen MR) is 99.1 cm³/mol. The van der Waals surface area contributed by atoms with E-state index >= 15 is 0 Å². The van der Waals surface area contributed by atoms with Gasteiger partial charge in [0.1, 0.15) is 9.53 Å². The van der Waals surface area contributed by atoms with Crippen LogP contribution in [-0.2, 0) is 0 Å². The predicted octanol–water partition coefficient (Wildman–Crippen LogP) is 5.27. The zero-order chi connectivity index (χ0) is 16.7. The molecule has 3 heterocycles. The van der Waals surface area contributed by atoms with Gasteiger partial charge < -0.3 is 4.74 Å². The minimum absolute atomic E-state index is 0.192. The summed E-state index contributed by atoms with van der Waals surface area (Å²) in [6, 6.07) is 12.2. The molecule has 6 heteroatoms. The van der Waals surface area contributed by atoms with Gasteiger partial charge >= 0.3 is 0 Å². The number of rotatable bonds is 3. The molecule has 120 valence electrons. The first-order valence-corrected chi connectivity index (χ1v) is 8.82. The van der Waals surface area contributed by atoms with Crippen LogP contribution in [0.5, 0.6) is 5.88 Å². The van der Waals surface area contributed by atoms with Crippen LogP contribution in [-0.4, -0.2) is 21.6 Å². The molecule has 4 rings (SSSR count). The number of halogens is 1. The Morgan fingerprint density at radius 2 is 1.92 bits per heavy atom. The van der Waals surface area contributed by atoms with Gasteiger partial charge in [0.25, 0.3) is 0 Å². The van der Waals surface area contributed by atoms with E-state index in [1.807, 2.05) is 25.1 Å². The number of hydrogen-bond acceptors (Lipinski definition) is 5. The monoisotopic (exact) mass is 355 g/mol. The molecule has 4 aromatic rings. The molecule has 0 spiro atoms. The molecule has 4 nitrogen and oxygen atoms in total. The summed E-state index contributed by atoms with van der Waals surface area (Å²) in [6.45, 7) is 4.52. The lowest BCUT2D eigenvalue weighted by Gasteiger charge is -2.04.